The topological polar surface area (TPSA) is 40.5 Å². The Bertz CT molecular complexity index is 145. The predicted octanol–water partition coefficient (Wildman–Crippen LogP) is 2.72. The van der Waals surface area contributed by atoms with Gasteiger partial charge in [-0.05, 0) is 38.5 Å². The zero-order valence-electron chi connectivity index (χ0n) is 10.1. The molecule has 0 saturated carbocycles. The molecule has 0 heterocycles. The zero-order chi connectivity index (χ0) is 11.2. The fourth-order valence-corrected chi connectivity index (χ4v) is 1.86. The molecule has 0 aliphatic heterocycles. The first kappa shape index (κ1) is 13.9. The Morgan fingerprint density at radius 3 is 2.14 bits per heavy atom. The van der Waals surface area contributed by atoms with Crippen LogP contribution < -0.4 is 0 Å². The number of aliphatic hydroxyl groups excluding tert-OH is 1. The van der Waals surface area contributed by atoms with E-state index in [1.807, 2.05) is 6.92 Å². The van der Waals surface area contributed by atoms with Crippen LogP contribution in [0.1, 0.15) is 59.8 Å². The molecule has 2 nitrogen and oxygen atoms in total. The average Bonchev–Trinajstić information content (AvgIpc) is 2.15. The van der Waals surface area contributed by atoms with Gasteiger partial charge in [0.05, 0.1) is 11.7 Å². The summed E-state index contributed by atoms with van der Waals surface area (Å²) < 4.78 is 0. The molecule has 2 heteroatoms. The van der Waals surface area contributed by atoms with Crippen LogP contribution in [0.15, 0.2) is 0 Å². The van der Waals surface area contributed by atoms with Crippen LogP contribution in [0, 0.1) is 5.92 Å². The fourth-order valence-electron chi connectivity index (χ4n) is 1.86. The summed E-state index contributed by atoms with van der Waals surface area (Å²) in [6.45, 7) is 8.05. The van der Waals surface area contributed by atoms with Crippen LogP contribution in [-0.4, -0.2) is 21.9 Å². The summed E-state index contributed by atoms with van der Waals surface area (Å²) in [6.07, 6.45) is 4.09. The van der Waals surface area contributed by atoms with Gasteiger partial charge in [0.2, 0.25) is 0 Å². The van der Waals surface area contributed by atoms with E-state index in [2.05, 4.69) is 13.8 Å². The van der Waals surface area contributed by atoms with Gasteiger partial charge in [0.15, 0.2) is 0 Å². The third-order valence-electron chi connectivity index (χ3n) is 3.37. The summed E-state index contributed by atoms with van der Waals surface area (Å²) in [7, 11) is 0. The Hall–Kier alpha value is -0.0800. The lowest BCUT2D eigenvalue weighted by Gasteiger charge is -2.33. The Kier molecular flexibility index (Phi) is 6.38. The van der Waals surface area contributed by atoms with Gasteiger partial charge in [-0.1, -0.05) is 27.2 Å². The van der Waals surface area contributed by atoms with Crippen molar-refractivity contribution in [2.24, 2.45) is 5.92 Å². The SMILES string of the molecule is CCC(C)C(O)(CC)CCCC(C)O. The molecule has 0 fully saturated rings. The number of rotatable bonds is 7. The molecule has 0 aliphatic rings. The van der Waals surface area contributed by atoms with Crippen molar-refractivity contribution in [2.75, 3.05) is 0 Å². The molecule has 0 radical (unpaired) electrons. The molecule has 0 spiro atoms. The first-order chi connectivity index (χ1) is 6.46. The molecule has 2 N–H and O–H groups in total. The summed E-state index contributed by atoms with van der Waals surface area (Å²) in [5.41, 5.74) is -0.524. The molecule has 0 amide bonds. The molecule has 14 heavy (non-hydrogen) atoms. The van der Waals surface area contributed by atoms with Crippen molar-refractivity contribution in [1.82, 2.24) is 0 Å². The van der Waals surface area contributed by atoms with Crippen LogP contribution in [0.25, 0.3) is 0 Å². The van der Waals surface area contributed by atoms with Gasteiger partial charge in [-0.2, -0.15) is 0 Å². The molecular weight excluding hydrogens is 176 g/mol. The van der Waals surface area contributed by atoms with Gasteiger partial charge in [0.1, 0.15) is 0 Å². The van der Waals surface area contributed by atoms with E-state index in [1.165, 1.54) is 0 Å². The fraction of sp³-hybridized carbons (Fsp3) is 1.00. The lowest BCUT2D eigenvalue weighted by Crippen LogP contribution is -2.35. The van der Waals surface area contributed by atoms with Gasteiger partial charge in [-0.25, -0.2) is 0 Å². The molecule has 0 aromatic carbocycles. The average molecular weight is 202 g/mol. The minimum absolute atomic E-state index is 0.243. The quantitative estimate of drug-likeness (QED) is 0.666. The standard InChI is InChI=1S/C12H26O2/c1-5-10(3)12(14,6-2)9-7-8-11(4)13/h10-11,13-14H,5-9H2,1-4H3. The minimum atomic E-state index is -0.524. The molecule has 0 aromatic rings. The Balaban J connectivity index is 3.99. The van der Waals surface area contributed by atoms with Crippen molar-refractivity contribution < 1.29 is 10.2 Å². The van der Waals surface area contributed by atoms with Crippen LogP contribution in [0.2, 0.25) is 0 Å². The summed E-state index contributed by atoms with van der Waals surface area (Å²) >= 11 is 0. The van der Waals surface area contributed by atoms with Crippen LogP contribution in [0.5, 0.6) is 0 Å². The summed E-state index contributed by atoms with van der Waals surface area (Å²) in [5, 5.41) is 19.5. The number of aliphatic hydroxyl groups is 2. The summed E-state index contributed by atoms with van der Waals surface area (Å²) in [6, 6.07) is 0. The third kappa shape index (κ3) is 4.43. The molecule has 0 aromatic heterocycles. The van der Waals surface area contributed by atoms with Crippen LogP contribution in [0.3, 0.4) is 0 Å². The molecule has 86 valence electrons. The highest BCUT2D eigenvalue weighted by atomic mass is 16.3. The van der Waals surface area contributed by atoms with Gasteiger partial charge in [-0.15, -0.1) is 0 Å². The van der Waals surface area contributed by atoms with E-state index in [1.54, 1.807) is 6.92 Å². The maximum atomic E-state index is 10.3. The van der Waals surface area contributed by atoms with E-state index in [-0.39, 0.29) is 6.10 Å². The predicted molar refractivity (Wildman–Crippen MR) is 60.2 cm³/mol. The van der Waals surface area contributed by atoms with Crippen LogP contribution >= 0.6 is 0 Å². The maximum absolute atomic E-state index is 10.3. The highest BCUT2D eigenvalue weighted by Gasteiger charge is 2.29. The number of hydrogen-bond acceptors (Lipinski definition) is 2. The smallest absolute Gasteiger partial charge is 0.0670 e. The van der Waals surface area contributed by atoms with Gasteiger partial charge < -0.3 is 10.2 Å². The first-order valence-corrected chi connectivity index (χ1v) is 5.86. The van der Waals surface area contributed by atoms with Crippen molar-refractivity contribution in [3.63, 3.8) is 0 Å². The lowest BCUT2D eigenvalue weighted by atomic mass is 9.80. The summed E-state index contributed by atoms with van der Waals surface area (Å²) in [4.78, 5) is 0. The molecule has 0 aliphatic carbocycles. The van der Waals surface area contributed by atoms with E-state index in [9.17, 15) is 5.11 Å². The van der Waals surface area contributed by atoms with Crippen LogP contribution in [0.4, 0.5) is 0 Å². The van der Waals surface area contributed by atoms with E-state index in [0.717, 1.165) is 32.1 Å². The van der Waals surface area contributed by atoms with E-state index in [4.69, 9.17) is 5.11 Å². The highest BCUT2D eigenvalue weighted by molar-refractivity contribution is 4.82. The molecule has 0 saturated heterocycles. The normalized spacial score (nSPS) is 20.1. The van der Waals surface area contributed by atoms with E-state index >= 15 is 0 Å². The van der Waals surface area contributed by atoms with Gasteiger partial charge in [0, 0.05) is 0 Å². The van der Waals surface area contributed by atoms with E-state index in [0.29, 0.717) is 5.92 Å². The van der Waals surface area contributed by atoms with Crippen molar-refractivity contribution in [3.8, 4) is 0 Å². The molecule has 0 rings (SSSR count). The van der Waals surface area contributed by atoms with E-state index < -0.39 is 5.60 Å². The van der Waals surface area contributed by atoms with Gasteiger partial charge >= 0.3 is 0 Å². The van der Waals surface area contributed by atoms with Crippen molar-refractivity contribution >= 4 is 0 Å². The third-order valence-corrected chi connectivity index (χ3v) is 3.37. The second-order valence-electron chi connectivity index (χ2n) is 4.51. The second-order valence-corrected chi connectivity index (χ2v) is 4.51. The molecular formula is C12H26O2. The monoisotopic (exact) mass is 202 g/mol. The Morgan fingerprint density at radius 2 is 1.79 bits per heavy atom. The second kappa shape index (κ2) is 6.41. The van der Waals surface area contributed by atoms with Crippen molar-refractivity contribution in [1.29, 1.82) is 0 Å². The largest absolute Gasteiger partial charge is 0.393 e. The maximum Gasteiger partial charge on any atom is 0.0670 e. The zero-order valence-corrected chi connectivity index (χ0v) is 10.1. The molecule has 3 atom stereocenters. The van der Waals surface area contributed by atoms with Crippen molar-refractivity contribution in [2.45, 2.75) is 71.5 Å². The highest BCUT2D eigenvalue weighted by Crippen LogP contribution is 2.29. The van der Waals surface area contributed by atoms with Crippen LogP contribution in [-0.2, 0) is 0 Å². The van der Waals surface area contributed by atoms with Crippen molar-refractivity contribution in [3.05, 3.63) is 0 Å². The van der Waals surface area contributed by atoms with Gasteiger partial charge in [0.25, 0.3) is 0 Å². The Labute approximate surface area is 88.3 Å². The summed E-state index contributed by atoms with van der Waals surface area (Å²) in [5.74, 6) is 0.349. The van der Waals surface area contributed by atoms with Gasteiger partial charge in [-0.3, -0.25) is 0 Å². The molecule has 0 bridgehead atoms. The Morgan fingerprint density at radius 1 is 1.21 bits per heavy atom. The lowest BCUT2D eigenvalue weighted by molar-refractivity contribution is -0.0282. The number of hydrogen-bond donors (Lipinski definition) is 2. The molecule has 3 unspecified atom stereocenters. The minimum Gasteiger partial charge on any atom is -0.393 e. The first-order valence-electron chi connectivity index (χ1n) is 5.86.